The molecule has 0 aliphatic carbocycles. The lowest BCUT2D eigenvalue weighted by atomic mass is 9.99. The Morgan fingerprint density at radius 2 is 2.12 bits per heavy atom. The van der Waals surface area contributed by atoms with Crippen LogP contribution in [0.3, 0.4) is 0 Å². The van der Waals surface area contributed by atoms with Crippen LogP contribution in [-0.4, -0.2) is 7.11 Å². The number of methoxy groups -OCH3 is 1. The molecule has 0 spiro atoms. The molecule has 1 aromatic carbocycles. The lowest BCUT2D eigenvalue weighted by Gasteiger charge is -2.04. The Balaban J connectivity index is 2.77. The lowest BCUT2D eigenvalue weighted by molar-refractivity contribution is 0.407. The van der Waals surface area contributed by atoms with Gasteiger partial charge < -0.3 is 14.9 Å². The van der Waals surface area contributed by atoms with Gasteiger partial charge in [0, 0.05) is 10.9 Å². The first-order valence-corrected chi connectivity index (χ1v) is 5.47. The predicted octanol–water partition coefficient (Wildman–Crippen LogP) is 3.02. The minimum Gasteiger partial charge on any atom is -0.493 e. The number of hydrogen-bond acceptors (Lipinski definition) is 3. The van der Waals surface area contributed by atoms with Crippen LogP contribution in [0, 0.1) is 0 Å². The Morgan fingerprint density at radius 3 is 2.69 bits per heavy atom. The minimum absolute atomic E-state index is 0.395. The molecular weight excluding hydrogens is 202 g/mol. The molecule has 0 fully saturated rings. The zero-order chi connectivity index (χ0) is 11.7. The fourth-order valence-corrected chi connectivity index (χ4v) is 2.11. The highest BCUT2D eigenvalue weighted by atomic mass is 16.5. The van der Waals surface area contributed by atoms with E-state index in [4.69, 9.17) is 14.9 Å². The molecule has 0 radical (unpaired) electrons. The number of nitrogens with two attached hydrogens (primary N) is 1. The van der Waals surface area contributed by atoms with Crippen molar-refractivity contribution in [2.24, 2.45) is 5.73 Å². The highest BCUT2D eigenvalue weighted by Gasteiger charge is 2.17. The second-order valence-corrected chi connectivity index (χ2v) is 4.13. The van der Waals surface area contributed by atoms with Gasteiger partial charge in [0.25, 0.3) is 0 Å². The van der Waals surface area contributed by atoms with Crippen LogP contribution >= 0.6 is 0 Å². The largest absolute Gasteiger partial charge is 0.493 e. The summed E-state index contributed by atoms with van der Waals surface area (Å²) in [4.78, 5) is 0. The molecule has 1 aromatic heterocycles. The van der Waals surface area contributed by atoms with Gasteiger partial charge in [0.05, 0.1) is 13.7 Å². The molecule has 2 aromatic rings. The molecule has 0 aliphatic heterocycles. The average molecular weight is 219 g/mol. The van der Waals surface area contributed by atoms with Gasteiger partial charge >= 0.3 is 0 Å². The summed E-state index contributed by atoms with van der Waals surface area (Å²) in [5.41, 5.74) is 7.70. The van der Waals surface area contributed by atoms with Crippen molar-refractivity contribution in [2.45, 2.75) is 26.3 Å². The van der Waals surface area contributed by atoms with Gasteiger partial charge in [-0.1, -0.05) is 26.0 Å². The maximum Gasteiger partial charge on any atom is 0.176 e. The smallest absolute Gasteiger partial charge is 0.176 e. The van der Waals surface area contributed by atoms with E-state index in [1.807, 2.05) is 12.1 Å². The first kappa shape index (κ1) is 11.0. The SMILES string of the molecule is COc1cccc2c(C(C)C)c(CN)oc12. The Kier molecular flexibility index (Phi) is 2.88. The van der Waals surface area contributed by atoms with E-state index in [9.17, 15) is 0 Å². The Bertz CT molecular complexity index is 500. The van der Waals surface area contributed by atoms with E-state index in [1.54, 1.807) is 7.11 Å². The molecule has 16 heavy (non-hydrogen) atoms. The summed E-state index contributed by atoms with van der Waals surface area (Å²) in [6, 6.07) is 5.93. The topological polar surface area (TPSA) is 48.4 Å². The molecule has 0 amide bonds. The van der Waals surface area contributed by atoms with E-state index >= 15 is 0 Å². The van der Waals surface area contributed by atoms with Gasteiger partial charge in [0.2, 0.25) is 0 Å². The number of fused-ring (bicyclic) bond motifs is 1. The summed E-state index contributed by atoms with van der Waals surface area (Å²) < 4.78 is 11.1. The molecule has 0 bridgehead atoms. The molecule has 0 aliphatic rings. The van der Waals surface area contributed by atoms with Crippen molar-refractivity contribution in [2.75, 3.05) is 7.11 Å². The Morgan fingerprint density at radius 1 is 1.38 bits per heavy atom. The van der Waals surface area contributed by atoms with Gasteiger partial charge in [-0.2, -0.15) is 0 Å². The number of ether oxygens (including phenoxy) is 1. The van der Waals surface area contributed by atoms with Crippen LogP contribution in [-0.2, 0) is 6.54 Å². The monoisotopic (exact) mass is 219 g/mol. The van der Waals surface area contributed by atoms with Crippen LogP contribution in [0.1, 0.15) is 31.1 Å². The third-order valence-electron chi connectivity index (χ3n) is 2.78. The predicted molar refractivity (Wildman–Crippen MR) is 64.7 cm³/mol. The summed E-state index contributed by atoms with van der Waals surface area (Å²) in [6.07, 6.45) is 0. The van der Waals surface area contributed by atoms with Crippen LogP contribution < -0.4 is 10.5 Å². The molecule has 2 N–H and O–H groups in total. The molecule has 2 rings (SSSR count). The number of para-hydroxylation sites is 1. The van der Waals surface area contributed by atoms with Crippen LogP contribution in [0.25, 0.3) is 11.0 Å². The third-order valence-corrected chi connectivity index (χ3v) is 2.78. The van der Waals surface area contributed by atoms with Crippen LogP contribution in [0.2, 0.25) is 0 Å². The molecule has 1 heterocycles. The molecule has 0 atom stereocenters. The summed E-state index contributed by atoms with van der Waals surface area (Å²) in [6.45, 7) is 4.71. The minimum atomic E-state index is 0.395. The van der Waals surface area contributed by atoms with Gasteiger partial charge in [-0.3, -0.25) is 0 Å². The highest BCUT2D eigenvalue weighted by Crippen LogP contribution is 2.36. The van der Waals surface area contributed by atoms with Crippen molar-refractivity contribution in [3.8, 4) is 5.75 Å². The van der Waals surface area contributed by atoms with Crippen molar-refractivity contribution in [1.29, 1.82) is 0 Å². The lowest BCUT2D eigenvalue weighted by Crippen LogP contribution is -1.99. The first-order valence-electron chi connectivity index (χ1n) is 5.47. The molecule has 86 valence electrons. The number of benzene rings is 1. The normalized spacial score (nSPS) is 11.3. The van der Waals surface area contributed by atoms with E-state index in [0.717, 1.165) is 22.5 Å². The summed E-state index contributed by atoms with van der Waals surface area (Å²) >= 11 is 0. The van der Waals surface area contributed by atoms with Gasteiger partial charge in [0.1, 0.15) is 5.76 Å². The second kappa shape index (κ2) is 4.18. The van der Waals surface area contributed by atoms with E-state index in [1.165, 1.54) is 5.56 Å². The quantitative estimate of drug-likeness (QED) is 0.863. The summed E-state index contributed by atoms with van der Waals surface area (Å²) in [5.74, 6) is 2.01. The highest BCUT2D eigenvalue weighted by molar-refractivity contribution is 5.87. The molecule has 0 saturated carbocycles. The Labute approximate surface area is 95.2 Å². The standard InChI is InChI=1S/C13H17NO2/c1-8(2)12-9-5-4-6-10(15-3)13(9)16-11(12)7-14/h4-6,8H,7,14H2,1-3H3. The molecule has 0 unspecified atom stereocenters. The van der Waals surface area contributed by atoms with Gasteiger partial charge in [0.15, 0.2) is 11.3 Å². The number of rotatable bonds is 3. The van der Waals surface area contributed by atoms with E-state index in [-0.39, 0.29) is 0 Å². The molecular formula is C13H17NO2. The Hall–Kier alpha value is -1.48. The van der Waals surface area contributed by atoms with Crippen molar-refractivity contribution in [3.63, 3.8) is 0 Å². The van der Waals surface area contributed by atoms with Crippen molar-refractivity contribution in [3.05, 3.63) is 29.5 Å². The zero-order valence-corrected chi connectivity index (χ0v) is 9.91. The fourth-order valence-electron chi connectivity index (χ4n) is 2.11. The molecule has 0 saturated heterocycles. The van der Waals surface area contributed by atoms with E-state index in [0.29, 0.717) is 12.5 Å². The first-order chi connectivity index (χ1) is 7.69. The van der Waals surface area contributed by atoms with Gasteiger partial charge in [-0.15, -0.1) is 0 Å². The summed E-state index contributed by atoms with van der Waals surface area (Å²) in [5, 5.41) is 1.11. The van der Waals surface area contributed by atoms with E-state index < -0.39 is 0 Å². The van der Waals surface area contributed by atoms with Crippen LogP contribution in [0.4, 0.5) is 0 Å². The van der Waals surface area contributed by atoms with Gasteiger partial charge in [-0.05, 0) is 12.0 Å². The molecule has 3 heteroatoms. The fraction of sp³-hybridized carbons (Fsp3) is 0.385. The van der Waals surface area contributed by atoms with E-state index in [2.05, 4.69) is 19.9 Å². The summed E-state index contributed by atoms with van der Waals surface area (Å²) in [7, 11) is 1.65. The second-order valence-electron chi connectivity index (χ2n) is 4.13. The van der Waals surface area contributed by atoms with Crippen molar-refractivity contribution in [1.82, 2.24) is 0 Å². The van der Waals surface area contributed by atoms with Crippen molar-refractivity contribution < 1.29 is 9.15 Å². The van der Waals surface area contributed by atoms with Gasteiger partial charge in [-0.25, -0.2) is 0 Å². The number of hydrogen-bond donors (Lipinski definition) is 1. The average Bonchev–Trinajstić information content (AvgIpc) is 2.66. The van der Waals surface area contributed by atoms with Crippen molar-refractivity contribution >= 4 is 11.0 Å². The zero-order valence-electron chi connectivity index (χ0n) is 9.91. The number of furan rings is 1. The maximum absolute atomic E-state index is 5.78. The third kappa shape index (κ3) is 1.57. The molecule has 3 nitrogen and oxygen atoms in total. The van der Waals surface area contributed by atoms with Crippen LogP contribution in [0.5, 0.6) is 5.75 Å². The maximum atomic E-state index is 5.78. The van der Waals surface area contributed by atoms with Crippen LogP contribution in [0.15, 0.2) is 22.6 Å².